The number of hydrogen-bond acceptors (Lipinski definition) is 5. The van der Waals surface area contributed by atoms with Crippen LogP contribution in [0.1, 0.15) is 36.8 Å². The number of aromatic amines is 1. The Morgan fingerprint density at radius 2 is 2.19 bits per heavy atom. The highest BCUT2D eigenvalue weighted by molar-refractivity contribution is 7.99. The fourth-order valence-corrected chi connectivity index (χ4v) is 3.45. The number of fused-ring (bicyclic) bond motifs is 1. The number of hydrogen-bond donors (Lipinski definition) is 2. The molecule has 0 saturated heterocycles. The van der Waals surface area contributed by atoms with Crippen LogP contribution in [-0.2, 0) is 4.79 Å². The molecular weight excluding hydrogens is 350 g/mol. The van der Waals surface area contributed by atoms with E-state index in [9.17, 15) is 9.59 Å². The van der Waals surface area contributed by atoms with Gasteiger partial charge in [-0.1, -0.05) is 42.8 Å². The highest BCUT2D eigenvalue weighted by Crippen LogP contribution is 2.38. The van der Waals surface area contributed by atoms with Gasteiger partial charge < -0.3 is 15.0 Å². The van der Waals surface area contributed by atoms with Gasteiger partial charge in [0.2, 0.25) is 5.91 Å². The lowest BCUT2D eigenvalue weighted by Crippen LogP contribution is -2.31. The van der Waals surface area contributed by atoms with E-state index in [1.165, 1.54) is 11.8 Å². The molecular formula is C19H19N3O3S. The summed E-state index contributed by atoms with van der Waals surface area (Å²) in [6.45, 7) is 2.59. The first-order chi connectivity index (χ1) is 12.6. The van der Waals surface area contributed by atoms with Crippen LogP contribution in [0.25, 0.3) is 0 Å². The molecule has 0 bridgehead atoms. The van der Waals surface area contributed by atoms with Crippen molar-refractivity contribution in [2.24, 2.45) is 0 Å². The van der Waals surface area contributed by atoms with Gasteiger partial charge in [-0.15, -0.1) is 6.42 Å². The quantitative estimate of drug-likeness (QED) is 0.465. The Hall–Kier alpha value is -2.72. The maximum atomic E-state index is 12.7. The van der Waals surface area contributed by atoms with Gasteiger partial charge in [-0.3, -0.25) is 9.59 Å². The van der Waals surface area contributed by atoms with Gasteiger partial charge in [-0.25, -0.2) is 4.98 Å². The third-order valence-electron chi connectivity index (χ3n) is 3.98. The van der Waals surface area contributed by atoms with Crippen molar-refractivity contribution in [1.29, 1.82) is 0 Å². The monoisotopic (exact) mass is 369 g/mol. The molecule has 134 valence electrons. The minimum absolute atomic E-state index is 0.168. The average Bonchev–Trinajstić information content (AvgIpc) is 2.64. The number of nitrogens with one attached hydrogen (secondary N) is 2. The molecule has 3 rings (SSSR count). The van der Waals surface area contributed by atoms with E-state index in [0.717, 1.165) is 12.0 Å². The summed E-state index contributed by atoms with van der Waals surface area (Å²) in [5, 5.41) is 3.10. The first-order valence-electron chi connectivity index (χ1n) is 8.36. The van der Waals surface area contributed by atoms with E-state index in [4.69, 9.17) is 11.2 Å². The van der Waals surface area contributed by atoms with E-state index in [1.54, 1.807) is 0 Å². The Morgan fingerprint density at radius 3 is 2.96 bits per heavy atom. The summed E-state index contributed by atoms with van der Waals surface area (Å²) in [6.07, 6.45) is 6.29. The summed E-state index contributed by atoms with van der Waals surface area (Å²) in [5.41, 5.74) is 0.986. The summed E-state index contributed by atoms with van der Waals surface area (Å²) >= 11 is 1.24. The second kappa shape index (κ2) is 8.11. The molecule has 0 fully saturated rings. The SMILES string of the molecule is C#CCSc1nc2c(c(=O)[nH]1)C(c1ccccc1OCCC)CC(=O)N2. The first kappa shape index (κ1) is 18.1. The van der Waals surface area contributed by atoms with E-state index in [-0.39, 0.29) is 17.9 Å². The zero-order chi connectivity index (χ0) is 18.5. The van der Waals surface area contributed by atoms with Crippen LogP contribution >= 0.6 is 11.8 Å². The third kappa shape index (κ3) is 3.75. The lowest BCUT2D eigenvalue weighted by atomic mass is 9.86. The van der Waals surface area contributed by atoms with E-state index in [1.807, 2.05) is 31.2 Å². The molecule has 1 unspecified atom stereocenters. The summed E-state index contributed by atoms with van der Waals surface area (Å²) in [5.74, 6) is 3.25. The van der Waals surface area contributed by atoms with Crippen molar-refractivity contribution >= 4 is 23.5 Å². The molecule has 7 heteroatoms. The number of carbonyl (C=O) groups is 1. The smallest absolute Gasteiger partial charge is 0.257 e. The number of anilines is 1. The molecule has 1 aromatic heterocycles. The number of para-hydroxylation sites is 1. The molecule has 2 heterocycles. The fourth-order valence-electron chi connectivity index (χ4n) is 2.91. The number of rotatable bonds is 6. The number of ether oxygens (including phenoxy) is 1. The number of thioether (sulfide) groups is 1. The van der Waals surface area contributed by atoms with Crippen molar-refractivity contribution < 1.29 is 9.53 Å². The topological polar surface area (TPSA) is 84.1 Å². The Morgan fingerprint density at radius 1 is 1.38 bits per heavy atom. The van der Waals surface area contributed by atoms with Crippen LogP contribution in [0.3, 0.4) is 0 Å². The van der Waals surface area contributed by atoms with Crippen LogP contribution in [0.2, 0.25) is 0 Å². The van der Waals surface area contributed by atoms with E-state index in [0.29, 0.717) is 34.6 Å². The molecule has 0 aliphatic carbocycles. The average molecular weight is 369 g/mol. The van der Waals surface area contributed by atoms with Gasteiger partial charge in [0.05, 0.1) is 17.9 Å². The molecule has 2 aromatic rings. The van der Waals surface area contributed by atoms with Crippen LogP contribution in [0.5, 0.6) is 5.75 Å². The predicted octanol–water partition coefficient (Wildman–Crippen LogP) is 2.76. The molecule has 0 spiro atoms. The van der Waals surface area contributed by atoms with Crippen LogP contribution in [-0.4, -0.2) is 28.2 Å². The molecule has 1 atom stereocenters. The molecule has 1 aliphatic rings. The van der Waals surface area contributed by atoms with Gasteiger partial charge in [-0.05, 0) is 12.5 Å². The predicted molar refractivity (Wildman–Crippen MR) is 102 cm³/mol. The van der Waals surface area contributed by atoms with Crippen LogP contribution < -0.4 is 15.6 Å². The van der Waals surface area contributed by atoms with Crippen molar-refractivity contribution in [2.75, 3.05) is 17.7 Å². The van der Waals surface area contributed by atoms with Crippen LogP contribution in [0, 0.1) is 12.3 Å². The lowest BCUT2D eigenvalue weighted by molar-refractivity contribution is -0.116. The molecule has 0 radical (unpaired) electrons. The van der Waals surface area contributed by atoms with Crippen molar-refractivity contribution in [2.45, 2.75) is 30.8 Å². The van der Waals surface area contributed by atoms with Crippen molar-refractivity contribution in [3.63, 3.8) is 0 Å². The summed E-state index contributed by atoms with van der Waals surface area (Å²) in [6, 6.07) is 7.49. The number of terminal acetylenes is 1. The Bertz CT molecular complexity index is 917. The van der Waals surface area contributed by atoms with E-state index in [2.05, 4.69) is 21.2 Å². The molecule has 2 N–H and O–H groups in total. The zero-order valence-corrected chi connectivity index (χ0v) is 15.2. The Balaban J connectivity index is 2.06. The Kier molecular flexibility index (Phi) is 5.64. The standard InChI is InChI=1S/C19H19N3O3S/c1-3-9-25-14-8-6-5-7-12(14)13-11-15(23)20-17-16(13)18(24)22-19(21-17)26-10-4-2/h2,5-8,13H,3,9-11H2,1H3,(H2,20,21,22,23,24). The second-order valence-corrected chi connectivity index (χ2v) is 6.78. The minimum atomic E-state index is -0.408. The Labute approximate surface area is 155 Å². The van der Waals surface area contributed by atoms with E-state index >= 15 is 0 Å². The maximum absolute atomic E-state index is 12.7. The van der Waals surface area contributed by atoms with Gasteiger partial charge in [0.25, 0.3) is 5.56 Å². The maximum Gasteiger partial charge on any atom is 0.257 e. The fraction of sp³-hybridized carbons (Fsp3) is 0.316. The summed E-state index contributed by atoms with van der Waals surface area (Å²) in [7, 11) is 0. The van der Waals surface area contributed by atoms with Crippen molar-refractivity contribution in [3.05, 3.63) is 45.7 Å². The molecule has 0 saturated carbocycles. The third-order valence-corrected chi connectivity index (χ3v) is 4.76. The summed E-state index contributed by atoms with van der Waals surface area (Å²) < 4.78 is 5.82. The van der Waals surface area contributed by atoms with Gasteiger partial charge in [0, 0.05) is 17.9 Å². The zero-order valence-electron chi connectivity index (χ0n) is 14.4. The van der Waals surface area contributed by atoms with Gasteiger partial charge >= 0.3 is 0 Å². The van der Waals surface area contributed by atoms with Gasteiger partial charge in [0.1, 0.15) is 11.6 Å². The molecule has 1 amide bonds. The largest absolute Gasteiger partial charge is 0.493 e. The van der Waals surface area contributed by atoms with Crippen LogP contribution in [0.15, 0.2) is 34.2 Å². The van der Waals surface area contributed by atoms with Crippen molar-refractivity contribution in [3.8, 4) is 18.1 Å². The highest BCUT2D eigenvalue weighted by Gasteiger charge is 2.32. The van der Waals surface area contributed by atoms with E-state index < -0.39 is 5.92 Å². The second-order valence-electron chi connectivity index (χ2n) is 5.82. The molecule has 6 nitrogen and oxygen atoms in total. The first-order valence-corrected chi connectivity index (χ1v) is 9.34. The number of aromatic nitrogens is 2. The normalized spacial score (nSPS) is 15.7. The van der Waals surface area contributed by atoms with Gasteiger partial charge in [0.15, 0.2) is 5.16 Å². The number of amides is 1. The highest BCUT2D eigenvalue weighted by atomic mass is 32.2. The number of carbonyl (C=O) groups excluding carboxylic acids is 1. The minimum Gasteiger partial charge on any atom is -0.493 e. The van der Waals surface area contributed by atoms with Gasteiger partial charge in [-0.2, -0.15) is 0 Å². The molecule has 26 heavy (non-hydrogen) atoms. The number of H-pyrrole nitrogens is 1. The lowest BCUT2D eigenvalue weighted by Gasteiger charge is -2.26. The van der Waals surface area contributed by atoms with Crippen molar-refractivity contribution in [1.82, 2.24) is 9.97 Å². The van der Waals surface area contributed by atoms with Crippen LogP contribution in [0.4, 0.5) is 5.82 Å². The molecule has 1 aromatic carbocycles. The summed E-state index contributed by atoms with van der Waals surface area (Å²) in [4.78, 5) is 32.1. The number of nitrogens with zero attached hydrogens (tertiary/aromatic N) is 1. The number of benzene rings is 1. The molecule has 1 aliphatic heterocycles.